The number of nitrogens with zero attached hydrogens (tertiary/aromatic N) is 2. The van der Waals surface area contributed by atoms with Gasteiger partial charge in [0.15, 0.2) is 5.96 Å². The van der Waals surface area contributed by atoms with E-state index in [0.717, 1.165) is 50.7 Å². The SMILES string of the molecule is I.c1cc(CNC2=NCCCN2)cc(OC2CCCC2)n1. The first-order valence-corrected chi connectivity index (χ1v) is 7.54. The quantitative estimate of drug-likeness (QED) is 0.760. The van der Waals surface area contributed by atoms with Crippen molar-refractivity contribution in [1.29, 1.82) is 0 Å². The Morgan fingerprint density at radius 3 is 2.90 bits per heavy atom. The molecule has 2 heterocycles. The van der Waals surface area contributed by atoms with Crippen LogP contribution in [0.5, 0.6) is 5.88 Å². The van der Waals surface area contributed by atoms with Gasteiger partial charge in [-0.05, 0) is 43.7 Å². The van der Waals surface area contributed by atoms with E-state index in [-0.39, 0.29) is 24.0 Å². The van der Waals surface area contributed by atoms with Gasteiger partial charge in [0.05, 0.1) is 0 Å². The van der Waals surface area contributed by atoms with Crippen molar-refractivity contribution >= 4 is 29.9 Å². The molecule has 0 aromatic carbocycles. The van der Waals surface area contributed by atoms with Gasteiger partial charge >= 0.3 is 0 Å². The van der Waals surface area contributed by atoms with Crippen LogP contribution in [0.2, 0.25) is 0 Å². The third-order valence-corrected chi connectivity index (χ3v) is 3.75. The van der Waals surface area contributed by atoms with E-state index in [1.54, 1.807) is 0 Å². The molecular weight excluding hydrogens is 379 g/mol. The molecule has 1 fully saturated rings. The Hall–Kier alpha value is -1.05. The van der Waals surface area contributed by atoms with Crippen molar-refractivity contribution < 1.29 is 4.74 Å². The summed E-state index contributed by atoms with van der Waals surface area (Å²) in [6.45, 7) is 2.65. The molecule has 1 aliphatic carbocycles. The van der Waals surface area contributed by atoms with Crippen molar-refractivity contribution in [2.24, 2.45) is 4.99 Å². The lowest BCUT2D eigenvalue weighted by atomic mass is 10.2. The number of aliphatic imine (C=N–C) groups is 1. The van der Waals surface area contributed by atoms with Crippen molar-refractivity contribution in [3.8, 4) is 5.88 Å². The third kappa shape index (κ3) is 5.01. The minimum atomic E-state index is 0. The molecule has 2 N–H and O–H groups in total. The number of hydrogen-bond acceptors (Lipinski definition) is 5. The summed E-state index contributed by atoms with van der Waals surface area (Å²) < 4.78 is 5.92. The standard InChI is InChI=1S/C15H22N4O.HI/c1-2-5-13(4-1)20-14-10-12(6-9-16-14)11-19-15-17-7-3-8-18-15;/h6,9-10,13H,1-5,7-8,11H2,(H2,17,18,19);1H. The number of halogens is 1. The van der Waals surface area contributed by atoms with Crippen molar-refractivity contribution in [3.63, 3.8) is 0 Å². The fraction of sp³-hybridized carbons (Fsp3) is 0.600. The highest BCUT2D eigenvalue weighted by Crippen LogP contribution is 2.23. The van der Waals surface area contributed by atoms with Gasteiger partial charge in [-0.15, -0.1) is 24.0 Å². The Balaban J connectivity index is 0.00000161. The van der Waals surface area contributed by atoms with E-state index < -0.39 is 0 Å². The molecule has 21 heavy (non-hydrogen) atoms. The predicted octanol–water partition coefficient (Wildman–Crippen LogP) is 2.46. The van der Waals surface area contributed by atoms with Crippen molar-refractivity contribution in [2.75, 3.05) is 13.1 Å². The first kappa shape index (κ1) is 16.3. The molecule has 2 aliphatic rings. The Morgan fingerprint density at radius 1 is 1.29 bits per heavy atom. The van der Waals surface area contributed by atoms with Gasteiger partial charge in [-0.3, -0.25) is 4.99 Å². The Morgan fingerprint density at radius 2 is 2.14 bits per heavy atom. The second-order valence-electron chi connectivity index (χ2n) is 5.39. The fourth-order valence-electron chi connectivity index (χ4n) is 2.64. The largest absolute Gasteiger partial charge is 0.474 e. The first-order chi connectivity index (χ1) is 9.90. The van der Waals surface area contributed by atoms with Crippen LogP contribution < -0.4 is 15.4 Å². The van der Waals surface area contributed by atoms with Crippen LogP contribution in [0.4, 0.5) is 0 Å². The number of nitrogens with one attached hydrogen (secondary N) is 2. The first-order valence-electron chi connectivity index (χ1n) is 7.54. The summed E-state index contributed by atoms with van der Waals surface area (Å²) in [6, 6.07) is 4.03. The molecule has 0 unspecified atom stereocenters. The Bertz CT molecular complexity index is 474. The van der Waals surface area contributed by atoms with Gasteiger partial charge in [-0.25, -0.2) is 4.98 Å². The number of rotatable bonds is 4. The second-order valence-corrected chi connectivity index (χ2v) is 5.39. The topological polar surface area (TPSA) is 58.5 Å². The summed E-state index contributed by atoms with van der Waals surface area (Å²) >= 11 is 0. The molecule has 0 amide bonds. The van der Waals surface area contributed by atoms with Gasteiger partial charge in [0.1, 0.15) is 6.10 Å². The number of guanidine groups is 1. The van der Waals surface area contributed by atoms with Gasteiger partial charge in [-0.2, -0.15) is 0 Å². The summed E-state index contributed by atoms with van der Waals surface area (Å²) in [6.07, 6.45) is 8.15. The Kier molecular flexibility index (Phi) is 6.53. The summed E-state index contributed by atoms with van der Waals surface area (Å²) in [4.78, 5) is 8.70. The zero-order valence-electron chi connectivity index (χ0n) is 12.2. The minimum Gasteiger partial charge on any atom is -0.474 e. The highest BCUT2D eigenvalue weighted by molar-refractivity contribution is 14.0. The van der Waals surface area contributed by atoms with Gasteiger partial charge in [0.25, 0.3) is 0 Å². The predicted molar refractivity (Wildman–Crippen MR) is 94.3 cm³/mol. The van der Waals surface area contributed by atoms with Gasteiger partial charge < -0.3 is 15.4 Å². The maximum atomic E-state index is 5.92. The molecule has 1 aromatic rings. The molecule has 116 valence electrons. The zero-order valence-corrected chi connectivity index (χ0v) is 14.5. The van der Waals surface area contributed by atoms with Crippen LogP contribution in [-0.4, -0.2) is 30.1 Å². The van der Waals surface area contributed by atoms with Crippen LogP contribution in [0.1, 0.15) is 37.7 Å². The molecule has 0 atom stereocenters. The number of ether oxygens (including phenoxy) is 1. The smallest absolute Gasteiger partial charge is 0.213 e. The third-order valence-electron chi connectivity index (χ3n) is 3.75. The molecule has 6 heteroatoms. The Labute approximate surface area is 143 Å². The highest BCUT2D eigenvalue weighted by atomic mass is 127. The maximum Gasteiger partial charge on any atom is 0.213 e. The minimum absolute atomic E-state index is 0. The molecule has 0 spiro atoms. The summed E-state index contributed by atoms with van der Waals surface area (Å²) in [5.74, 6) is 1.64. The molecular formula is C15H23IN4O. The molecule has 1 aliphatic heterocycles. The van der Waals surface area contributed by atoms with E-state index in [1.165, 1.54) is 18.4 Å². The van der Waals surface area contributed by atoms with Crippen LogP contribution in [0.25, 0.3) is 0 Å². The average Bonchev–Trinajstić information content (AvgIpc) is 3.00. The molecule has 1 aromatic heterocycles. The van der Waals surface area contributed by atoms with Crippen LogP contribution in [0.15, 0.2) is 23.3 Å². The van der Waals surface area contributed by atoms with Crippen LogP contribution >= 0.6 is 24.0 Å². The second kappa shape index (κ2) is 8.41. The van der Waals surface area contributed by atoms with Gasteiger partial charge in [-0.1, -0.05) is 0 Å². The van der Waals surface area contributed by atoms with Crippen molar-refractivity contribution in [3.05, 3.63) is 23.9 Å². The van der Waals surface area contributed by atoms with E-state index in [9.17, 15) is 0 Å². The average molecular weight is 402 g/mol. The normalized spacial score (nSPS) is 18.4. The molecule has 5 nitrogen and oxygen atoms in total. The number of aromatic nitrogens is 1. The summed E-state index contributed by atoms with van der Waals surface area (Å²) in [5, 5.41) is 6.57. The van der Waals surface area contributed by atoms with E-state index in [0.29, 0.717) is 6.10 Å². The zero-order chi connectivity index (χ0) is 13.6. The lowest BCUT2D eigenvalue weighted by Crippen LogP contribution is -2.40. The van der Waals surface area contributed by atoms with Crippen molar-refractivity contribution in [1.82, 2.24) is 15.6 Å². The van der Waals surface area contributed by atoms with E-state index >= 15 is 0 Å². The highest BCUT2D eigenvalue weighted by Gasteiger charge is 2.17. The van der Waals surface area contributed by atoms with Gasteiger partial charge in [0.2, 0.25) is 5.88 Å². The van der Waals surface area contributed by atoms with Gasteiger partial charge in [0, 0.05) is 31.9 Å². The lowest BCUT2D eigenvalue weighted by molar-refractivity contribution is 0.201. The van der Waals surface area contributed by atoms with Crippen molar-refractivity contribution in [2.45, 2.75) is 44.8 Å². The van der Waals surface area contributed by atoms with Crippen LogP contribution in [0.3, 0.4) is 0 Å². The summed E-state index contributed by atoms with van der Waals surface area (Å²) in [5.41, 5.74) is 1.17. The number of hydrogen-bond donors (Lipinski definition) is 2. The van der Waals surface area contributed by atoms with Crippen LogP contribution in [0, 0.1) is 0 Å². The fourth-order valence-corrected chi connectivity index (χ4v) is 2.64. The maximum absolute atomic E-state index is 5.92. The molecule has 1 saturated carbocycles. The lowest BCUT2D eigenvalue weighted by Gasteiger charge is -2.16. The monoisotopic (exact) mass is 402 g/mol. The molecule has 3 rings (SSSR count). The number of pyridine rings is 1. The molecule has 0 radical (unpaired) electrons. The van der Waals surface area contributed by atoms with E-state index in [4.69, 9.17) is 4.74 Å². The summed E-state index contributed by atoms with van der Waals surface area (Å²) in [7, 11) is 0. The van der Waals surface area contributed by atoms with E-state index in [2.05, 4.69) is 20.6 Å². The van der Waals surface area contributed by atoms with E-state index in [1.807, 2.05) is 18.3 Å². The molecule has 0 bridgehead atoms. The van der Waals surface area contributed by atoms with Crippen LogP contribution in [-0.2, 0) is 6.54 Å². The molecule has 0 saturated heterocycles.